The second-order valence-electron chi connectivity index (χ2n) is 7.66. The van der Waals surface area contributed by atoms with Gasteiger partial charge in [0.15, 0.2) is 0 Å². The van der Waals surface area contributed by atoms with E-state index in [9.17, 15) is 29.1 Å². The summed E-state index contributed by atoms with van der Waals surface area (Å²) in [5.74, 6) is -2.80. The van der Waals surface area contributed by atoms with Gasteiger partial charge in [-0.1, -0.05) is 6.58 Å². The van der Waals surface area contributed by atoms with Crippen LogP contribution in [0.25, 0.3) is 10.9 Å². The first-order valence-corrected chi connectivity index (χ1v) is 9.88. The summed E-state index contributed by atoms with van der Waals surface area (Å²) in [6, 6.07) is 2.23. The lowest BCUT2D eigenvalue weighted by Gasteiger charge is -2.37. The normalized spacial score (nSPS) is 15.5. The molecule has 0 radical (unpaired) electrons. The Balaban J connectivity index is 1.69. The number of nitrogens with zero attached hydrogens (tertiary/aromatic N) is 3. The van der Waals surface area contributed by atoms with Crippen LogP contribution in [0, 0.1) is 5.82 Å². The molecule has 1 saturated heterocycles. The van der Waals surface area contributed by atoms with Crippen LogP contribution in [0.5, 0.6) is 0 Å². The van der Waals surface area contributed by atoms with E-state index < -0.39 is 34.9 Å². The molecule has 2 aromatic rings. The summed E-state index contributed by atoms with van der Waals surface area (Å²) < 4.78 is 20.2. The van der Waals surface area contributed by atoms with E-state index in [1.807, 2.05) is 4.90 Å². The Morgan fingerprint density at radius 2 is 1.91 bits per heavy atom. The molecule has 10 nitrogen and oxygen atoms in total. The number of rotatable bonds is 7. The van der Waals surface area contributed by atoms with Crippen LogP contribution in [0.1, 0.15) is 17.3 Å². The van der Waals surface area contributed by atoms with E-state index in [0.29, 0.717) is 30.9 Å². The molecule has 0 saturated carbocycles. The molecule has 2 heterocycles. The molecule has 1 aliphatic rings. The Labute approximate surface area is 182 Å². The predicted octanol–water partition coefficient (Wildman–Crippen LogP) is 0.678. The average molecular weight is 449 g/mol. The first-order valence-electron chi connectivity index (χ1n) is 9.88. The zero-order chi connectivity index (χ0) is 23.6. The molecule has 0 spiro atoms. The van der Waals surface area contributed by atoms with Crippen molar-refractivity contribution < 1.29 is 34.1 Å². The van der Waals surface area contributed by atoms with Gasteiger partial charge in [-0.2, -0.15) is 4.73 Å². The van der Waals surface area contributed by atoms with Gasteiger partial charge in [-0.05, 0) is 19.1 Å². The molecule has 172 valence electrons. The molecule has 0 amide bonds. The van der Waals surface area contributed by atoms with Crippen molar-refractivity contribution in [3.05, 3.63) is 52.1 Å². The number of fused-ring (bicyclic) bond motifs is 1. The number of pyridine rings is 1. The fraction of sp³-hybridized carbons (Fsp3) is 0.381. The van der Waals surface area contributed by atoms with Gasteiger partial charge in [0.25, 0.3) is 0 Å². The third kappa shape index (κ3) is 4.89. The van der Waals surface area contributed by atoms with Crippen molar-refractivity contribution in [2.75, 3.05) is 44.2 Å². The number of aromatic nitrogens is 1. The number of aromatic carboxylic acids is 1. The third-order valence-corrected chi connectivity index (χ3v) is 5.22. The average Bonchev–Trinajstić information content (AvgIpc) is 2.74. The summed E-state index contributed by atoms with van der Waals surface area (Å²) in [7, 11) is 0. The Bertz CT molecular complexity index is 1120. The highest BCUT2D eigenvalue weighted by Crippen LogP contribution is 2.26. The molecule has 0 aliphatic carbocycles. The summed E-state index contributed by atoms with van der Waals surface area (Å²) in [5, 5.41) is 29.0. The van der Waals surface area contributed by atoms with Crippen LogP contribution in [0.3, 0.4) is 0 Å². The van der Waals surface area contributed by atoms with E-state index >= 15 is 0 Å². The summed E-state index contributed by atoms with van der Waals surface area (Å²) >= 11 is 0. The second-order valence-corrected chi connectivity index (χ2v) is 7.66. The number of carboxylic acids is 1. The van der Waals surface area contributed by atoms with Gasteiger partial charge in [0.1, 0.15) is 24.1 Å². The van der Waals surface area contributed by atoms with Crippen LogP contribution in [0.15, 0.2) is 35.3 Å². The molecule has 1 atom stereocenters. The highest BCUT2D eigenvalue weighted by molar-refractivity contribution is 5.93. The van der Waals surface area contributed by atoms with E-state index in [1.54, 1.807) is 4.90 Å². The number of hydrogen-bond acceptors (Lipinski definition) is 8. The minimum absolute atomic E-state index is 0.00594. The Kier molecular flexibility index (Phi) is 6.80. The molecule has 1 fully saturated rings. The van der Waals surface area contributed by atoms with Crippen LogP contribution in [0.4, 0.5) is 10.1 Å². The van der Waals surface area contributed by atoms with Gasteiger partial charge < -0.3 is 25.1 Å². The highest BCUT2D eigenvalue weighted by atomic mass is 19.1. The highest BCUT2D eigenvalue weighted by Gasteiger charge is 2.24. The topological polar surface area (TPSA) is 133 Å². The minimum atomic E-state index is -1.52. The number of carboxylic acid groups (broad SMARTS) is 1. The largest absolute Gasteiger partial charge is 0.477 e. The Morgan fingerprint density at radius 3 is 2.50 bits per heavy atom. The minimum Gasteiger partial charge on any atom is -0.477 e. The van der Waals surface area contributed by atoms with Gasteiger partial charge in [0.05, 0.1) is 22.8 Å². The van der Waals surface area contributed by atoms with Gasteiger partial charge >= 0.3 is 11.9 Å². The molecular formula is C21H24FN3O7. The zero-order valence-electron chi connectivity index (χ0n) is 17.5. The van der Waals surface area contributed by atoms with Crippen molar-refractivity contribution in [1.82, 2.24) is 9.63 Å². The molecular weight excluding hydrogens is 425 g/mol. The van der Waals surface area contributed by atoms with Crippen molar-refractivity contribution >= 4 is 28.5 Å². The van der Waals surface area contributed by atoms with Crippen LogP contribution < -0.4 is 10.3 Å². The lowest BCUT2D eigenvalue weighted by Crippen LogP contribution is -2.49. The van der Waals surface area contributed by atoms with E-state index in [2.05, 4.69) is 6.58 Å². The molecule has 0 bridgehead atoms. The predicted molar refractivity (Wildman–Crippen MR) is 113 cm³/mol. The number of halogens is 1. The maximum absolute atomic E-state index is 14.8. The molecule has 1 aromatic heterocycles. The van der Waals surface area contributed by atoms with Crippen molar-refractivity contribution in [3.8, 4) is 0 Å². The number of anilines is 1. The smallest absolute Gasteiger partial charge is 0.341 e. The number of ether oxygens (including phenoxy) is 1. The van der Waals surface area contributed by atoms with Gasteiger partial charge in [-0.15, -0.1) is 0 Å². The number of esters is 1. The molecule has 11 heteroatoms. The van der Waals surface area contributed by atoms with Gasteiger partial charge in [-0.25, -0.2) is 14.0 Å². The third-order valence-electron chi connectivity index (χ3n) is 5.22. The van der Waals surface area contributed by atoms with Crippen molar-refractivity contribution in [1.29, 1.82) is 0 Å². The first-order chi connectivity index (χ1) is 15.1. The van der Waals surface area contributed by atoms with Crippen molar-refractivity contribution in [3.63, 3.8) is 0 Å². The summed E-state index contributed by atoms with van der Waals surface area (Å²) in [6.07, 6.45) is -0.0937. The van der Waals surface area contributed by atoms with Crippen LogP contribution in [-0.2, 0) is 9.53 Å². The molecule has 1 aliphatic heterocycles. The fourth-order valence-corrected chi connectivity index (χ4v) is 3.53. The van der Waals surface area contributed by atoms with Crippen LogP contribution in [-0.4, -0.2) is 82.4 Å². The van der Waals surface area contributed by atoms with Crippen molar-refractivity contribution in [2.24, 2.45) is 0 Å². The molecule has 3 N–H and O–H groups in total. The Morgan fingerprint density at radius 1 is 1.25 bits per heavy atom. The summed E-state index contributed by atoms with van der Waals surface area (Å²) in [4.78, 5) is 38.5. The van der Waals surface area contributed by atoms with Gasteiger partial charge in [0.2, 0.25) is 5.43 Å². The number of carbonyl (C=O) groups excluding carboxylic acids is 1. The first kappa shape index (κ1) is 23.2. The maximum atomic E-state index is 14.8. The zero-order valence-corrected chi connectivity index (χ0v) is 17.5. The quantitative estimate of drug-likeness (QED) is 0.317. The summed E-state index contributed by atoms with van der Waals surface area (Å²) in [5.41, 5.74) is -1.13. The number of hydrogen-bond donors (Lipinski definition) is 3. The lowest BCUT2D eigenvalue weighted by atomic mass is 10.1. The number of benzene rings is 1. The standard InChI is InChI=1S/C21H24FN3O7/c1-12(2)21(30)32-11-13(26)9-23-3-5-24(6-4-23)18-8-17-14(7-16(18)22)19(27)15(20(28)29)10-25(17)31/h7-8,10,13,26,31H,1,3-6,9,11H2,2H3,(H,28,29). The van der Waals surface area contributed by atoms with Gasteiger partial charge in [0, 0.05) is 38.3 Å². The molecule has 1 aromatic carbocycles. The lowest BCUT2D eigenvalue weighted by molar-refractivity contribution is -0.142. The number of aliphatic hydroxyl groups excluding tert-OH is 1. The van der Waals surface area contributed by atoms with E-state index in [1.165, 1.54) is 13.0 Å². The van der Waals surface area contributed by atoms with E-state index in [0.717, 1.165) is 12.3 Å². The SMILES string of the molecule is C=C(C)C(=O)OCC(O)CN1CCN(c2cc3c(cc2F)c(=O)c(C(=O)O)cn3O)CC1. The summed E-state index contributed by atoms with van der Waals surface area (Å²) in [6.45, 7) is 6.90. The maximum Gasteiger partial charge on any atom is 0.341 e. The van der Waals surface area contributed by atoms with Gasteiger partial charge in [-0.3, -0.25) is 9.69 Å². The number of piperazine rings is 1. The van der Waals surface area contributed by atoms with E-state index in [-0.39, 0.29) is 35.3 Å². The molecule has 3 rings (SSSR count). The van der Waals surface area contributed by atoms with Crippen LogP contribution >= 0.6 is 0 Å². The fourth-order valence-electron chi connectivity index (χ4n) is 3.53. The number of carbonyl (C=O) groups is 2. The monoisotopic (exact) mass is 449 g/mol. The second kappa shape index (κ2) is 9.37. The Hall–Kier alpha value is -3.44. The number of β-amino-alcohol motifs (C(OH)–C–C–N with tert-alkyl or cyclic N) is 1. The number of aliphatic hydroxyl groups is 1. The molecule has 32 heavy (non-hydrogen) atoms. The van der Waals surface area contributed by atoms with Crippen molar-refractivity contribution in [2.45, 2.75) is 13.0 Å². The van der Waals surface area contributed by atoms with Crippen LogP contribution in [0.2, 0.25) is 0 Å². The molecule has 1 unspecified atom stereocenters. The van der Waals surface area contributed by atoms with E-state index in [4.69, 9.17) is 9.84 Å².